The highest BCUT2D eigenvalue weighted by Crippen LogP contribution is 2.23. The van der Waals surface area contributed by atoms with Crippen LogP contribution >= 0.6 is 0 Å². The van der Waals surface area contributed by atoms with Crippen molar-refractivity contribution in [3.05, 3.63) is 29.8 Å². The van der Waals surface area contributed by atoms with Crippen LogP contribution in [0.1, 0.15) is 39.2 Å². The molecule has 0 aromatic heterocycles. The van der Waals surface area contributed by atoms with E-state index in [9.17, 15) is 10.2 Å². The van der Waals surface area contributed by atoms with Gasteiger partial charge in [0.15, 0.2) is 0 Å². The van der Waals surface area contributed by atoms with Crippen LogP contribution in [0.3, 0.4) is 0 Å². The molecule has 2 nitrogen and oxygen atoms in total. The number of benzene rings is 1. The van der Waals surface area contributed by atoms with Crippen LogP contribution in [0.15, 0.2) is 24.3 Å². The van der Waals surface area contributed by atoms with Crippen LogP contribution in [0.2, 0.25) is 0 Å². The highest BCUT2D eigenvalue weighted by atomic mass is 16.3. The summed E-state index contributed by atoms with van der Waals surface area (Å²) in [5.74, 6) is 0.314. The summed E-state index contributed by atoms with van der Waals surface area (Å²) in [6, 6.07) is 7.31. The van der Waals surface area contributed by atoms with Gasteiger partial charge in [0, 0.05) is 0 Å². The third kappa shape index (κ3) is 4.23. The number of aliphatic hydroxyl groups is 1. The summed E-state index contributed by atoms with van der Waals surface area (Å²) < 4.78 is 0. The van der Waals surface area contributed by atoms with Crippen molar-refractivity contribution in [1.29, 1.82) is 0 Å². The van der Waals surface area contributed by atoms with E-state index in [1.165, 1.54) is 0 Å². The Bertz CT molecular complexity index is 326. The SMILES string of the molecule is CC(C)(C)C(O)CCCc1cccc(O)c1. The lowest BCUT2D eigenvalue weighted by Gasteiger charge is -2.25. The molecule has 1 atom stereocenters. The quantitative estimate of drug-likeness (QED) is 0.821. The number of phenols is 1. The second-order valence-electron chi connectivity index (χ2n) is 5.44. The van der Waals surface area contributed by atoms with Gasteiger partial charge in [-0.2, -0.15) is 0 Å². The Balaban J connectivity index is 2.36. The van der Waals surface area contributed by atoms with Gasteiger partial charge in [0.2, 0.25) is 0 Å². The predicted octanol–water partition coefficient (Wildman–Crippen LogP) is 3.12. The molecule has 1 unspecified atom stereocenters. The first-order chi connectivity index (χ1) is 7.39. The number of aryl methyl sites for hydroxylation is 1. The molecule has 2 heteroatoms. The monoisotopic (exact) mass is 222 g/mol. The van der Waals surface area contributed by atoms with Gasteiger partial charge in [-0.1, -0.05) is 32.9 Å². The van der Waals surface area contributed by atoms with Crippen LogP contribution in [0.25, 0.3) is 0 Å². The molecule has 0 amide bonds. The number of aliphatic hydroxyl groups excluding tert-OH is 1. The van der Waals surface area contributed by atoms with Crippen molar-refractivity contribution in [2.45, 2.75) is 46.1 Å². The van der Waals surface area contributed by atoms with Crippen LogP contribution in [0, 0.1) is 5.41 Å². The van der Waals surface area contributed by atoms with Gasteiger partial charge in [0.25, 0.3) is 0 Å². The number of phenolic OH excluding ortho intramolecular Hbond substituents is 1. The average Bonchev–Trinajstić information content (AvgIpc) is 2.16. The zero-order valence-electron chi connectivity index (χ0n) is 10.4. The van der Waals surface area contributed by atoms with E-state index in [-0.39, 0.29) is 11.5 Å². The maximum Gasteiger partial charge on any atom is 0.115 e. The molecule has 0 heterocycles. The maximum atomic E-state index is 9.87. The molecule has 0 spiro atoms. The van der Waals surface area contributed by atoms with Gasteiger partial charge in [-0.15, -0.1) is 0 Å². The Hall–Kier alpha value is -1.02. The standard InChI is InChI=1S/C14H22O2/c1-14(2,3)13(16)9-5-7-11-6-4-8-12(15)10-11/h4,6,8,10,13,15-16H,5,7,9H2,1-3H3. The Morgan fingerprint density at radius 2 is 1.94 bits per heavy atom. The fraction of sp³-hybridized carbons (Fsp3) is 0.571. The average molecular weight is 222 g/mol. The fourth-order valence-electron chi connectivity index (χ4n) is 1.64. The van der Waals surface area contributed by atoms with E-state index in [1.54, 1.807) is 12.1 Å². The van der Waals surface area contributed by atoms with Crippen molar-refractivity contribution in [2.75, 3.05) is 0 Å². The second-order valence-corrected chi connectivity index (χ2v) is 5.44. The molecule has 0 aliphatic rings. The largest absolute Gasteiger partial charge is 0.508 e. The van der Waals surface area contributed by atoms with Crippen molar-refractivity contribution in [2.24, 2.45) is 5.41 Å². The van der Waals surface area contributed by atoms with E-state index in [0.717, 1.165) is 24.8 Å². The van der Waals surface area contributed by atoms with Crippen molar-refractivity contribution in [3.8, 4) is 5.75 Å². The Morgan fingerprint density at radius 3 is 2.50 bits per heavy atom. The van der Waals surface area contributed by atoms with Gasteiger partial charge in [0.1, 0.15) is 5.75 Å². The third-order valence-corrected chi connectivity index (χ3v) is 2.85. The minimum absolute atomic E-state index is 0.0428. The lowest BCUT2D eigenvalue weighted by Crippen LogP contribution is -2.25. The summed E-state index contributed by atoms with van der Waals surface area (Å²) in [5, 5.41) is 19.2. The molecule has 0 saturated carbocycles. The smallest absolute Gasteiger partial charge is 0.115 e. The van der Waals surface area contributed by atoms with E-state index in [1.807, 2.05) is 32.9 Å². The van der Waals surface area contributed by atoms with E-state index in [0.29, 0.717) is 5.75 Å². The van der Waals surface area contributed by atoms with Gasteiger partial charge in [-0.05, 0) is 42.4 Å². The van der Waals surface area contributed by atoms with Crippen LogP contribution in [0.4, 0.5) is 0 Å². The zero-order chi connectivity index (χ0) is 12.2. The minimum Gasteiger partial charge on any atom is -0.508 e. The Morgan fingerprint density at radius 1 is 1.25 bits per heavy atom. The molecular formula is C14H22O2. The van der Waals surface area contributed by atoms with E-state index in [2.05, 4.69) is 0 Å². The van der Waals surface area contributed by atoms with Crippen LogP contribution < -0.4 is 0 Å². The summed E-state index contributed by atoms with van der Waals surface area (Å²) in [4.78, 5) is 0. The molecule has 0 saturated heterocycles. The van der Waals surface area contributed by atoms with Gasteiger partial charge < -0.3 is 10.2 Å². The highest BCUT2D eigenvalue weighted by Gasteiger charge is 2.21. The van der Waals surface area contributed by atoms with Crippen LogP contribution in [-0.2, 0) is 6.42 Å². The predicted molar refractivity (Wildman–Crippen MR) is 66.5 cm³/mol. The summed E-state index contributed by atoms with van der Waals surface area (Å²) in [5.41, 5.74) is 1.08. The molecule has 16 heavy (non-hydrogen) atoms. The Kier molecular flexibility index (Phi) is 4.36. The number of hydrogen-bond acceptors (Lipinski definition) is 2. The van der Waals surface area contributed by atoms with E-state index in [4.69, 9.17) is 0 Å². The first kappa shape index (κ1) is 13.0. The van der Waals surface area contributed by atoms with Crippen molar-refractivity contribution >= 4 is 0 Å². The molecule has 90 valence electrons. The van der Waals surface area contributed by atoms with Crippen LogP contribution in [0.5, 0.6) is 5.75 Å². The lowest BCUT2D eigenvalue weighted by molar-refractivity contribution is 0.0540. The summed E-state index contributed by atoms with van der Waals surface area (Å²) in [6.07, 6.45) is 2.40. The fourth-order valence-corrected chi connectivity index (χ4v) is 1.64. The second kappa shape index (κ2) is 5.35. The molecule has 0 aliphatic carbocycles. The summed E-state index contributed by atoms with van der Waals surface area (Å²) in [6.45, 7) is 6.14. The molecule has 2 N–H and O–H groups in total. The highest BCUT2D eigenvalue weighted by molar-refractivity contribution is 5.27. The van der Waals surface area contributed by atoms with Crippen molar-refractivity contribution in [3.63, 3.8) is 0 Å². The molecule has 1 aromatic rings. The number of aromatic hydroxyl groups is 1. The lowest BCUT2D eigenvalue weighted by atomic mass is 9.86. The van der Waals surface area contributed by atoms with Crippen molar-refractivity contribution < 1.29 is 10.2 Å². The van der Waals surface area contributed by atoms with Gasteiger partial charge in [0.05, 0.1) is 6.10 Å². The van der Waals surface area contributed by atoms with Gasteiger partial charge in [-0.3, -0.25) is 0 Å². The first-order valence-electron chi connectivity index (χ1n) is 5.85. The first-order valence-corrected chi connectivity index (χ1v) is 5.85. The third-order valence-electron chi connectivity index (χ3n) is 2.85. The topological polar surface area (TPSA) is 40.5 Å². The zero-order valence-corrected chi connectivity index (χ0v) is 10.4. The van der Waals surface area contributed by atoms with Gasteiger partial charge >= 0.3 is 0 Å². The molecule has 0 aliphatic heterocycles. The normalized spacial score (nSPS) is 13.8. The molecule has 1 rings (SSSR count). The van der Waals surface area contributed by atoms with E-state index < -0.39 is 0 Å². The Labute approximate surface area is 97.9 Å². The maximum absolute atomic E-state index is 9.87. The molecule has 0 fully saturated rings. The number of hydrogen-bond donors (Lipinski definition) is 2. The van der Waals surface area contributed by atoms with E-state index >= 15 is 0 Å². The summed E-state index contributed by atoms with van der Waals surface area (Å²) in [7, 11) is 0. The minimum atomic E-state index is -0.259. The van der Waals surface area contributed by atoms with Crippen molar-refractivity contribution in [1.82, 2.24) is 0 Å². The molecular weight excluding hydrogens is 200 g/mol. The molecule has 0 bridgehead atoms. The van der Waals surface area contributed by atoms with Gasteiger partial charge in [-0.25, -0.2) is 0 Å². The number of rotatable bonds is 4. The molecule has 0 radical (unpaired) electrons. The van der Waals surface area contributed by atoms with Crippen LogP contribution in [-0.4, -0.2) is 16.3 Å². The molecule has 1 aromatic carbocycles. The summed E-state index contributed by atoms with van der Waals surface area (Å²) >= 11 is 0.